The second-order valence-electron chi connectivity index (χ2n) is 6.37. The molecule has 5 nitrogen and oxygen atoms in total. The Balaban J connectivity index is 2.13. The summed E-state index contributed by atoms with van der Waals surface area (Å²) >= 11 is 7.30. The molecule has 23 heavy (non-hydrogen) atoms. The summed E-state index contributed by atoms with van der Waals surface area (Å²) in [5.41, 5.74) is 0.684. The molecular formula is C16H21ClN4OS. The van der Waals surface area contributed by atoms with Gasteiger partial charge in [-0.15, -0.1) is 10.2 Å². The van der Waals surface area contributed by atoms with Crippen molar-refractivity contribution >= 4 is 29.3 Å². The lowest BCUT2D eigenvalue weighted by atomic mass is 10.1. The monoisotopic (exact) mass is 352 g/mol. The zero-order valence-corrected chi connectivity index (χ0v) is 15.5. The first-order valence-corrected chi connectivity index (χ1v) is 8.57. The van der Waals surface area contributed by atoms with Gasteiger partial charge in [0.1, 0.15) is 0 Å². The number of benzene rings is 1. The van der Waals surface area contributed by atoms with Crippen LogP contribution in [0.25, 0.3) is 11.4 Å². The van der Waals surface area contributed by atoms with E-state index in [2.05, 4.69) is 15.5 Å². The lowest BCUT2D eigenvalue weighted by Crippen LogP contribution is -2.44. The van der Waals surface area contributed by atoms with Gasteiger partial charge < -0.3 is 9.88 Å². The van der Waals surface area contributed by atoms with Gasteiger partial charge in [-0.2, -0.15) is 0 Å². The molecule has 1 heterocycles. The van der Waals surface area contributed by atoms with Crippen LogP contribution in [0.4, 0.5) is 0 Å². The van der Waals surface area contributed by atoms with E-state index in [4.69, 9.17) is 11.6 Å². The van der Waals surface area contributed by atoms with E-state index in [-0.39, 0.29) is 16.7 Å². The number of carbonyl (C=O) groups is 1. The molecule has 1 N–H and O–H groups in total. The topological polar surface area (TPSA) is 59.8 Å². The molecule has 0 saturated carbocycles. The Morgan fingerprint density at radius 1 is 1.26 bits per heavy atom. The maximum absolute atomic E-state index is 12.2. The van der Waals surface area contributed by atoms with Gasteiger partial charge in [0.2, 0.25) is 5.91 Å². The van der Waals surface area contributed by atoms with Crippen LogP contribution in [0, 0.1) is 0 Å². The minimum Gasteiger partial charge on any atom is -0.351 e. The SMILES string of the molecule is C[C@H](Sc1nnc(-c2ccc(Cl)cc2)n1C)C(=O)NC(C)(C)C. The molecule has 124 valence electrons. The van der Waals surface area contributed by atoms with Crippen LogP contribution in [-0.2, 0) is 11.8 Å². The number of aromatic nitrogens is 3. The summed E-state index contributed by atoms with van der Waals surface area (Å²) in [7, 11) is 1.89. The molecule has 0 saturated heterocycles. The first-order valence-electron chi connectivity index (χ1n) is 7.31. The summed E-state index contributed by atoms with van der Waals surface area (Å²) in [6.45, 7) is 7.75. The zero-order chi connectivity index (χ0) is 17.2. The van der Waals surface area contributed by atoms with Crippen molar-refractivity contribution < 1.29 is 4.79 Å². The van der Waals surface area contributed by atoms with Gasteiger partial charge in [-0.05, 0) is 52.0 Å². The third kappa shape index (κ3) is 4.72. The van der Waals surface area contributed by atoms with E-state index in [9.17, 15) is 4.79 Å². The Bertz CT molecular complexity index is 691. The molecule has 0 fully saturated rings. The Morgan fingerprint density at radius 3 is 2.43 bits per heavy atom. The Morgan fingerprint density at radius 2 is 1.87 bits per heavy atom. The van der Waals surface area contributed by atoms with Crippen LogP contribution in [0.15, 0.2) is 29.4 Å². The molecule has 0 aliphatic heterocycles. The van der Waals surface area contributed by atoms with Gasteiger partial charge in [-0.25, -0.2) is 0 Å². The fraction of sp³-hybridized carbons (Fsp3) is 0.438. The van der Waals surface area contributed by atoms with Crippen LogP contribution < -0.4 is 5.32 Å². The Kier molecular flexibility index (Phi) is 5.37. The number of halogens is 1. The van der Waals surface area contributed by atoms with Crippen molar-refractivity contribution in [1.29, 1.82) is 0 Å². The van der Waals surface area contributed by atoms with E-state index in [1.54, 1.807) is 0 Å². The highest BCUT2D eigenvalue weighted by Crippen LogP contribution is 2.26. The van der Waals surface area contributed by atoms with Crippen molar-refractivity contribution in [2.45, 2.75) is 43.6 Å². The van der Waals surface area contributed by atoms with Crippen molar-refractivity contribution in [3.8, 4) is 11.4 Å². The maximum atomic E-state index is 12.2. The second kappa shape index (κ2) is 6.93. The summed E-state index contributed by atoms with van der Waals surface area (Å²) in [5.74, 6) is 0.728. The molecule has 0 unspecified atom stereocenters. The third-order valence-corrected chi connectivity index (χ3v) is 4.47. The minimum absolute atomic E-state index is 0.0152. The molecule has 0 aliphatic rings. The van der Waals surface area contributed by atoms with Crippen molar-refractivity contribution in [2.75, 3.05) is 0 Å². The van der Waals surface area contributed by atoms with Gasteiger partial charge in [-0.3, -0.25) is 4.79 Å². The predicted molar refractivity (Wildman–Crippen MR) is 94.7 cm³/mol. The molecule has 1 aromatic carbocycles. The predicted octanol–water partition coefficient (Wildman–Crippen LogP) is 3.53. The summed E-state index contributed by atoms with van der Waals surface area (Å²) in [6.07, 6.45) is 0. The lowest BCUT2D eigenvalue weighted by Gasteiger charge is -2.22. The van der Waals surface area contributed by atoms with Gasteiger partial charge in [-0.1, -0.05) is 23.4 Å². The van der Waals surface area contributed by atoms with Gasteiger partial charge in [0.25, 0.3) is 0 Å². The van der Waals surface area contributed by atoms with Gasteiger partial charge in [0.05, 0.1) is 5.25 Å². The van der Waals surface area contributed by atoms with Crippen LogP contribution in [0.1, 0.15) is 27.7 Å². The largest absolute Gasteiger partial charge is 0.351 e. The number of hydrogen-bond donors (Lipinski definition) is 1. The smallest absolute Gasteiger partial charge is 0.233 e. The van der Waals surface area contributed by atoms with Crippen molar-refractivity contribution in [2.24, 2.45) is 7.05 Å². The normalized spacial score (nSPS) is 13.0. The average Bonchev–Trinajstić information content (AvgIpc) is 2.79. The van der Waals surface area contributed by atoms with Crippen LogP contribution in [0.3, 0.4) is 0 Å². The highest BCUT2D eigenvalue weighted by molar-refractivity contribution is 8.00. The van der Waals surface area contributed by atoms with Crippen molar-refractivity contribution in [3.63, 3.8) is 0 Å². The Labute approximate surface area is 145 Å². The Hall–Kier alpha value is -1.53. The molecule has 7 heteroatoms. The van der Waals surface area contributed by atoms with E-state index in [1.807, 2.05) is 63.6 Å². The number of carbonyl (C=O) groups excluding carboxylic acids is 1. The van der Waals surface area contributed by atoms with Crippen LogP contribution in [0.5, 0.6) is 0 Å². The fourth-order valence-electron chi connectivity index (χ4n) is 1.95. The number of rotatable bonds is 4. The van der Waals surface area contributed by atoms with Gasteiger partial charge >= 0.3 is 0 Å². The van der Waals surface area contributed by atoms with E-state index in [1.165, 1.54) is 11.8 Å². The van der Waals surface area contributed by atoms with E-state index in [0.717, 1.165) is 11.4 Å². The molecule has 0 radical (unpaired) electrons. The van der Waals surface area contributed by atoms with Crippen molar-refractivity contribution in [3.05, 3.63) is 29.3 Å². The quantitative estimate of drug-likeness (QED) is 0.855. The molecular weight excluding hydrogens is 332 g/mol. The van der Waals surface area contributed by atoms with Crippen LogP contribution in [0.2, 0.25) is 5.02 Å². The molecule has 1 amide bonds. The lowest BCUT2D eigenvalue weighted by molar-refractivity contribution is -0.121. The van der Waals surface area contributed by atoms with E-state index < -0.39 is 0 Å². The highest BCUT2D eigenvalue weighted by Gasteiger charge is 2.22. The molecule has 0 aliphatic carbocycles. The van der Waals surface area contributed by atoms with E-state index in [0.29, 0.717) is 10.2 Å². The molecule has 1 atom stereocenters. The summed E-state index contributed by atoms with van der Waals surface area (Å²) < 4.78 is 1.88. The summed E-state index contributed by atoms with van der Waals surface area (Å²) in [4.78, 5) is 12.2. The molecule has 0 spiro atoms. The number of hydrogen-bond acceptors (Lipinski definition) is 4. The second-order valence-corrected chi connectivity index (χ2v) is 8.12. The van der Waals surface area contributed by atoms with Crippen LogP contribution >= 0.6 is 23.4 Å². The number of thioether (sulfide) groups is 1. The first kappa shape index (κ1) is 17.8. The standard InChI is InChI=1S/C16H21ClN4OS/c1-10(14(22)18-16(2,3)4)23-15-20-19-13(21(15)5)11-6-8-12(17)9-7-11/h6-10H,1-5H3,(H,18,22)/t10-/m0/s1. The third-order valence-electron chi connectivity index (χ3n) is 3.09. The first-order chi connectivity index (χ1) is 10.7. The molecule has 0 bridgehead atoms. The van der Waals surface area contributed by atoms with Gasteiger partial charge in [0, 0.05) is 23.2 Å². The minimum atomic E-state index is -0.254. The molecule has 1 aromatic heterocycles. The number of nitrogens with zero attached hydrogens (tertiary/aromatic N) is 3. The molecule has 2 rings (SSSR count). The van der Waals surface area contributed by atoms with Crippen LogP contribution in [-0.4, -0.2) is 31.5 Å². The highest BCUT2D eigenvalue weighted by atomic mass is 35.5. The summed E-state index contributed by atoms with van der Waals surface area (Å²) in [6, 6.07) is 7.43. The molecule has 2 aromatic rings. The van der Waals surface area contributed by atoms with E-state index >= 15 is 0 Å². The fourth-order valence-corrected chi connectivity index (χ4v) is 2.89. The summed E-state index contributed by atoms with van der Waals surface area (Å²) in [5, 5.41) is 12.5. The maximum Gasteiger partial charge on any atom is 0.233 e. The van der Waals surface area contributed by atoms with Crippen molar-refractivity contribution in [1.82, 2.24) is 20.1 Å². The zero-order valence-electron chi connectivity index (χ0n) is 13.9. The number of amides is 1. The average molecular weight is 353 g/mol. The number of nitrogens with one attached hydrogen (secondary N) is 1. The van der Waals surface area contributed by atoms with Gasteiger partial charge in [0.15, 0.2) is 11.0 Å².